The van der Waals surface area contributed by atoms with Gasteiger partial charge in [0.05, 0.1) is 6.61 Å². The van der Waals surface area contributed by atoms with Gasteiger partial charge >= 0.3 is 0 Å². The standard InChI is InChI=1S/C5H6BrN2O/c1-2-9-5-3-4(6)7-8-5/h3H,2H2,1H3. The van der Waals surface area contributed by atoms with Gasteiger partial charge in [0.25, 0.3) is 0 Å². The van der Waals surface area contributed by atoms with E-state index in [4.69, 9.17) is 4.74 Å². The van der Waals surface area contributed by atoms with Crippen molar-refractivity contribution in [2.24, 2.45) is 5.10 Å². The maximum absolute atomic E-state index is 5.02. The summed E-state index contributed by atoms with van der Waals surface area (Å²) in [6.07, 6.45) is 1.73. The van der Waals surface area contributed by atoms with Crippen LogP contribution in [0.3, 0.4) is 0 Å². The van der Waals surface area contributed by atoms with Crippen LogP contribution in [0.5, 0.6) is 0 Å². The third kappa shape index (κ3) is 1.71. The van der Waals surface area contributed by atoms with Gasteiger partial charge in [-0.25, -0.2) is 0 Å². The molecule has 1 radical (unpaired) electrons. The summed E-state index contributed by atoms with van der Waals surface area (Å²) in [5.41, 5.74) is 3.69. The summed E-state index contributed by atoms with van der Waals surface area (Å²) in [4.78, 5) is 0. The van der Waals surface area contributed by atoms with Crippen LogP contribution in [-0.4, -0.2) is 11.2 Å². The molecule has 1 rings (SSSR count). The molecular formula is C5H6BrN2O. The molecule has 1 aliphatic rings. The van der Waals surface area contributed by atoms with E-state index in [2.05, 4.69) is 26.5 Å². The second kappa shape index (κ2) is 2.87. The molecule has 0 amide bonds. The second-order valence-corrected chi connectivity index (χ2v) is 2.25. The first-order chi connectivity index (χ1) is 4.33. The molecule has 0 unspecified atom stereocenters. The zero-order chi connectivity index (χ0) is 6.69. The molecule has 0 fully saturated rings. The lowest BCUT2D eigenvalue weighted by Crippen LogP contribution is -1.96. The molecule has 0 aliphatic carbocycles. The minimum atomic E-state index is 0.573. The highest BCUT2D eigenvalue weighted by Crippen LogP contribution is 2.06. The molecule has 9 heavy (non-hydrogen) atoms. The first-order valence-corrected chi connectivity index (χ1v) is 3.41. The van der Waals surface area contributed by atoms with E-state index in [-0.39, 0.29) is 0 Å². The zero-order valence-electron chi connectivity index (χ0n) is 4.97. The molecule has 0 aromatic carbocycles. The summed E-state index contributed by atoms with van der Waals surface area (Å²) in [6, 6.07) is 0. The average Bonchev–Trinajstić information content (AvgIpc) is 2.17. The molecule has 0 aromatic rings. The van der Waals surface area contributed by atoms with Crippen LogP contribution in [0.2, 0.25) is 0 Å². The Hall–Kier alpha value is -0.510. The minimum Gasteiger partial charge on any atom is -0.477 e. The zero-order valence-corrected chi connectivity index (χ0v) is 6.55. The topological polar surface area (TPSA) is 35.7 Å². The number of ether oxygens (including phenoxy) is 1. The van der Waals surface area contributed by atoms with Gasteiger partial charge in [0, 0.05) is 6.08 Å². The van der Waals surface area contributed by atoms with E-state index in [1.54, 1.807) is 6.08 Å². The SMILES string of the molecule is CCOC1=CC(Br)=N[N]1. The van der Waals surface area contributed by atoms with E-state index in [1.165, 1.54) is 0 Å². The van der Waals surface area contributed by atoms with Crippen LogP contribution in [0, 0.1) is 0 Å². The summed E-state index contributed by atoms with van der Waals surface area (Å²) >= 11 is 3.15. The fourth-order valence-electron chi connectivity index (χ4n) is 0.475. The van der Waals surface area contributed by atoms with Gasteiger partial charge in [-0.2, -0.15) is 0 Å². The summed E-state index contributed by atoms with van der Waals surface area (Å²) < 4.78 is 5.74. The van der Waals surface area contributed by atoms with Gasteiger partial charge < -0.3 is 4.74 Å². The number of halogens is 1. The molecule has 4 heteroatoms. The number of hydrogen-bond acceptors (Lipinski definition) is 2. The van der Waals surface area contributed by atoms with E-state index in [0.29, 0.717) is 17.1 Å². The lowest BCUT2D eigenvalue weighted by atomic mass is 10.6. The highest BCUT2D eigenvalue weighted by molar-refractivity contribution is 9.18. The molecule has 1 heterocycles. The predicted octanol–water partition coefficient (Wildman–Crippen LogP) is 1.19. The molecule has 0 N–H and O–H groups in total. The quantitative estimate of drug-likeness (QED) is 0.644. The van der Waals surface area contributed by atoms with Gasteiger partial charge in [-0.05, 0) is 22.9 Å². The van der Waals surface area contributed by atoms with Crippen LogP contribution >= 0.6 is 15.9 Å². The number of rotatable bonds is 2. The lowest BCUT2D eigenvalue weighted by Gasteiger charge is -1.97. The van der Waals surface area contributed by atoms with Crippen LogP contribution in [0.25, 0.3) is 0 Å². The van der Waals surface area contributed by atoms with Crippen molar-refractivity contribution >= 4 is 20.6 Å². The summed E-state index contributed by atoms with van der Waals surface area (Å²) in [6.45, 7) is 2.54. The highest BCUT2D eigenvalue weighted by Gasteiger charge is 2.06. The van der Waals surface area contributed by atoms with Crippen LogP contribution < -0.4 is 5.43 Å². The van der Waals surface area contributed by atoms with Crippen molar-refractivity contribution in [2.75, 3.05) is 6.61 Å². The van der Waals surface area contributed by atoms with E-state index < -0.39 is 0 Å². The van der Waals surface area contributed by atoms with Crippen molar-refractivity contribution in [1.82, 2.24) is 5.43 Å². The smallest absolute Gasteiger partial charge is 0.236 e. The Balaban J connectivity index is 2.41. The Bertz CT molecular complexity index is 164. The van der Waals surface area contributed by atoms with Gasteiger partial charge in [-0.15, -0.1) is 10.5 Å². The predicted molar refractivity (Wildman–Crippen MR) is 38.2 cm³/mol. The molecule has 0 saturated carbocycles. The van der Waals surface area contributed by atoms with Gasteiger partial charge in [-0.3, -0.25) is 0 Å². The monoisotopic (exact) mass is 189 g/mol. The van der Waals surface area contributed by atoms with E-state index >= 15 is 0 Å². The average molecular weight is 190 g/mol. The maximum Gasteiger partial charge on any atom is 0.236 e. The van der Waals surface area contributed by atoms with Crippen molar-refractivity contribution < 1.29 is 4.74 Å². The third-order valence-corrected chi connectivity index (χ3v) is 1.17. The molecule has 0 aromatic heterocycles. The lowest BCUT2D eigenvalue weighted by molar-refractivity contribution is 0.208. The molecule has 0 bridgehead atoms. The first kappa shape index (κ1) is 6.61. The molecule has 3 nitrogen and oxygen atoms in total. The van der Waals surface area contributed by atoms with Crippen LogP contribution in [-0.2, 0) is 4.74 Å². The summed E-state index contributed by atoms with van der Waals surface area (Å²) in [5.74, 6) is 0.573. The summed E-state index contributed by atoms with van der Waals surface area (Å²) in [5, 5.41) is 3.68. The van der Waals surface area contributed by atoms with Crippen LogP contribution in [0.1, 0.15) is 6.92 Å². The van der Waals surface area contributed by atoms with Gasteiger partial charge in [-0.1, -0.05) is 0 Å². The second-order valence-electron chi connectivity index (χ2n) is 1.44. The molecule has 0 saturated heterocycles. The Labute approximate surface area is 61.9 Å². The van der Waals surface area contributed by atoms with Crippen LogP contribution in [0.15, 0.2) is 17.1 Å². The highest BCUT2D eigenvalue weighted by atomic mass is 79.9. The number of nitrogens with zero attached hydrogens (tertiary/aromatic N) is 2. The normalized spacial score (nSPS) is 16.2. The van der Waals surface area contributed by atoms with Crippen molar-refractivity contribution in [3.8, 4) is 0 Å². The molecule has 49 valence electrons. The van der Waals surface area contributed by atoms with Crippen molar-refractivity contribution in [3.63, 3.8) is 0 Å². The van der Waals surface area contributed by atoms with Gasteiger partial charge in [0.1, 0.15) is 4.62 Å². The Morgan fingerprint density at radius 2 is 2.56 bits per heavy atom. The van der Waals surface area contributed by atoms with E-state index in [0.717, 1.165) is 0 Å². The summed E-state index contributed by atoms with van der Waals surface area (Å²) in [7, 11) is 0. The molecule has 0 spiro atoms. The molecule has 0 atom stereocenters. The van der Waals surface area contributed by atoms with Gasteiger partial charge in [0.15, 0.2) is 0 Å². The van der Waals surface area contributed by atoms with Crippen molar-refractivity contribution in [1.29, 1.82) is 0 Å². The largest absolute Gasteiger partial charge is 0.477 e. The van der Waals surface area contributed by atoms with E-state index in [1.807, 2.05) is 6.92 Å². The minimum absolute atomic E-state index is 0.573. The number of allylic oxidation sites excluding steroid dienone is 1. The Morgan fingerprint density at radius 1 is 1.78 bits per heavy atom. The van der Waals surface area contributed by atoms with Gasteiger partial charge in [0.2, 0.25) is 5.88 Å². The Morgan fingerprint density at radius 3 is 3.00 bits per heavy atom. The van der Waals surface area contributed by atoms with Crippen molar-refractivity contribution in [2.45, 2.75) is 6.92 Å². The third-order valence-electron chi connectivity index (χ3n) is 0.779. The number of hydrogen-bond donors (Lipinski definition) is 0. The molecular weight excluding hydrogens is 184 g/mol. The molecule has 1 aliphatic heterocycles. The Kier molecular flexibility index (Phi) is 2.10. The fraction of sp³-hybridized carbons (Fsp3) is 0.400. The fourth-order valence-corrected chi connectivity index (χ4v) is 0.750. The van der Waals surface area contributed by atoms with E-state index in [9.17, 15) is 0 Å². The van der Waals surface area contributed by atoms with Crippen molar-refractivity contribution in [3.05, 3.63) is 12.0 Å². The first-order valence-electron chi connectivity index (χ1n) is 2.61. The maximum atomic E-state index is 5.02. The van der Waals surface area contributed by atoms with Crippen LogP contribution in [0.4, 0.5) is 0 Å².